The number of ether oxygens (including phenoxy) is 1. The number of nitrogens with zero attached hydrogens (tertiary/aromatic N) is 1. The molecule has 0 heterocycles. The second-order valence-corrected chi connectivity index (χ2v) is 9.25. The number of hydrogen-bond donors (Lipinski definition) is 1. The Hall–Kier alpha value is -2.71. The number of benzene rings is 2. The van der Waals surface area contributed by atoms with Gasteiger partial charge in [-0.2, -0.15) is 0 Å². The van der Waals surface area contributed by atoms with Crippen molar-refractivity contribution in [2.24, 2.45) is 0 Å². The van der Waals surface area contributed by atoms with Crippen LogP contribution in [0.4, 0.5) is 0 Å². The zero-order valence-electron chi connectivity index (χ0n) is 16.4. The highest BCUT2D eigenvalue weighted by Crippen LogP contribution is 2.29. The van der Waals surface area contributed by atoms with Crippen LogP contribution in [0, 0.1) is 0 Å². The lowest BCUT2D eigenvalue weighted by Gasteiger charge is -2.26. The highest BCUT2D eigenvalue weighted by atomic mass is 32.2. The Bertz CT molecular complexity index is 1000. The van der Waals surface area contributed by atoms with Crippen molar-refractivity contribution in [2.75, 3.05) is 20.7 Å². The Balaban J connectivity index is 1.56. The molecule has 0 spiro atoms. The number of hydrogen-bond acceptors (Lipinski definition) is 5. The van der Waals surface area contributed by atoms with Crippen LogP contribution in [0.15, 0.2) is 53.4 Å². The van der Waals surface area contributed by atoms with E-state index < -0.39 is 22.6 Å². The molecule has 0 aromatic heterocycles. The largest absolute Gasteiger partial charge is 0.452 e. The van der Waals surface area contributed by atoms with Gasteiger partial charge in [-0.05, 0) is 54.7 Å². The van der Waals surface area contributed by atoms with E-state index in [0.717, 1.165) is 29.1 Å². The molecule has 1 N–H and O–H groups in total. The van der Waals surface area contributed by atoms with Gasteiger partial charge in [-0.3, -0.25) is 4.79 Å². The average molecular weight is 416 g/mol. The summed E-state index contributed by atoms with van der Waals surface area (Å²) >= 11 is 0. The first-order valence-corrected chi connectivity index (χ1v) is 10.8. The van der Waals surface area contributed by atoms with Gasteiger partial charge in [0, 0.05) is 14.1 Å². The fourth-order valence-electron chi connectivity index (χ4n) is 3.33. The van der Waals surface area contributed by atoms with Gasteiger partial charge in [-0.1, -0.05) is 24.3 Å². The van der Waals surface area contributed by atoms with Crippen molar-refractivity contribution in [1.29, 1.82) is 0 Å². The Morgan fingerprint density at radius 3 is 2.48 bits per heavy atom. The third-order valence-electron chi connectivity index (χ3n) is 4.91. The quantitative estimate of drug-likeness (QED) is 0.730. The number of sulfonamides is 1. The van der Waals surface area contributed by atoms with Crippen LogP contribution in [0.2, 0.25) is 0 Å². The van der Waals surface area contributed by atoms with Gasteiger partial charge < -0.3 is 10.1 Å². The zero-order valence-corrected chi connectivity index (χ0v) is 17.2. The SMILES string of the molecule is CN(C)S(=O)(=O)c1ccc(C(=O)OCC(=O)NC2CCCc3ccccc32)cc1. The highest BCUT2D eigenvalue weighted by molar-refractivity contribution is 7.89. The molecular formula is C21H24N2O5S. The van der Waals surface area contributed by atoms with Gasteiger partial charge in [-0.15, -0.1) is 0 Å². The Kier molecular flexibility index (Phi) is 6.34. The molecule has 29 heavy (non-hydrogen) atoms. The molecule has 0 bridgehead atoms. The summed E-state index contributed by atoms with van der Waals surface area (Å²) in [4.78, 5) is 24.5. The average Bonchev–Trinajstić information content (AvgIpc) is 2.72. The van der Waals surface area contributed by atoms with Gasteiger partial charge in [-0.25, -0.2) is 17.5 Å². The molecule has 1 unspecified atom stereocenters. The molecule has 3 rings (SSSR count). The first-order valence-electron chi connectivity index (χ1n) is 9.36. The number of fused-ring (bicyclic) bond motifs is 1. The highest BCUT2D eigenvalue weighted by Gasteiger charge is 2.22. The normalized spacial score (nSPS) is 16.2. The van der Waals surface area contributed by atoms with Gasteiger partial charge in [0.1, 0.15) is 0 Å². The second kappa shape index (κ2) is 8.75. The van der Waals surface area contributed by atoms with E-state index in [1.54, 1.807) is 0 Å². The number of esters is 1. The van der Waals surface area contributed by atoms with Gasteiger partial charge in [0.15, 0.2) is 6.61 Å². The molecule has 0 saturated heterocycles. The number of nitrogens with one attached hydrogen (secondary N) is 1. The van der Waals surface area contributed by atoms with Crippen LogP contribution in [-0.4, -0.2) is 45.3 Å². The maximum Gasteiger partial charge on any atom is 0.338 e. The predicted octanol–water partition coefficient (Wildman–Crippen LogP) is 2.29. The minimum absolute atomic E-state index is 0.0766. The number of carbonyl (C=O) groups is 2. The second-order valence-electron chi connectivity index (χ2n) is 7.10. The summed E-state index contributed by atoms with van der Waals surface area (Å²) in [5, 5.41) is 2.92. The van der Waals surface area contributed by atoms with Crippen molar-refractivity contribution in [1.82, 2.24) is 9.62 Å². The monoisotopic (exact) mass is 416 g/mol. The molecule has 7 nitrogen and oxygen atoms in total. The third kappa shape index (κ3) is 4.83. The number of carbonyl (C=O) groups excluding carboxylic acids is 2. The number of aryl methyl sites for hydroxylation is 1. The molecule has 1 atom stereocenters. The molecule has 0 aliphatic heterocycles. The molecule has 8 heteroatoms. The predicted molar refractivity (Wildman–Crippen MR) is 108 cm³/mol. The Morgan fingerprint density at radius 1 is 1.10 bits per heavy atom. The molecule has 0 fully saturated rings. The lowest BCUT2D eigenvalue weighted by Crippen LogP contribution is -2.34. The van der Waals surface area contributed by atoms with Gasteiger partial charge in [0.25, 0.3) is 5.91 Å². The minimum Gasteiger partial charge on any atom is -0.452 e. The molecular weight excluding hydrogens is 392 g/mol. The maximum absolute atomic E-state index is 12.2. The van der Waals surface area contributed by atoms with E-state index in [9.17, 15) is 18.0 Å². The summed E-state index contributed by atoms with van der Waals surface area (Å²) in [6.07, 6.45) is 2.83. The summed E-state index contributed by atoms with van der Waals surface area (Å²) in [6.45, 7) is -0.394. The van der Waals surface area contributed by atoms with E-state index in [1.807, 2.05) is 18.2 Å². The smallest absolute Gasteiger partial charge is 0.338 e. The molecule has 154 valence electrons. The van der Waals surface area contributed by atoms with Crippen LogP contribution in [0.5, 0.6) is 0 Å². The zero-order chi connectivity index (χ0) is 21.0. The van der Waals surface area contributed by atoms with Crippen molar-refractivity contribution < 1.29 is 22.7 Å². The summed E-state index contributed by atoms with van der Waals surface area (Å²) in [5.74, 6) is -1.05. The number of rotatable bonds is 6. The topological polar surface area (TPSA) is 92.8 Å². The Labute approximate surface area is 170 Å². The van der Waals surface area contributed by atoms with Crippen LogP contribution in [0.25, 0.3) is 0 Å². The molecule has 1 amide bonds. The van der Waals surface area contributed by atoms with E-state index >= 15 is 0 Å². The van der Waals surface area contributed by atoms with Crippen LogP contribution in [-0.2, 0) is 26.0 Å². The summed E-state index contributed by atoms with van der Waals surface area (Å²) in [6, 6.07) is 13.3. The molecule has 1 aliphatic carbocycles. The van der Waals surface area contributed by atoms with Gasteiger partial charge in [0.2, 0.25) is 10.0 Å². The van der Waals surface area contributed by atoms with E-state index in [-0.39, 0.29) is 22.4 Å². The standard InChI is InChI=1S/C21H24N2O5S/c1-23(2)29(26,27)17-12-10-16(11-13-17)21(25)28-14-20(24)22-19-9-5-7-15-6-3-4-8-18(15)19/h3-4,6,8,10-13,19H,5,7,9,14H2,1-2H3,(H,22,24). The fourth-order valence-corrected chi connectivity index (χ4v) is 4.23. The minimum atomic E-state index is -3.57. The fraction of sp³-hybridized carbons (Fsp3) is 0.333. The maximum atomic E-state index is 12.2. The van der Waals surface area contributed by atoms with Gasteiger partial charge in [0.05, 0.1) is 16.5 Å². The third-order valence-corrected chi connectivity index (χ3v) is 6.74. The van der Waals surface area contributed by atoms with E-state index in [1.165, 1.54) is 43.9 Å². The molecule has 0 saturated carbocycles. The summed E-state index contributed by atoms with van der Waals surface area (Å²) < 4.78 is 30.3. The molecule has 2 aromatic rings. The Morgan fingerprint density at radius 2 is 1.79 bits per heavy atom. The van der Waals surface area contributed by atoms with Crippen molar-refractivity contribution in [3.8, 4) is 0 Å². The van der Waals surface area contributed by atoms with Crippen molar-refractivity contribution >= 4 is 21.9 Å². The summed E-state index contributed by atoms with van der Waals surface area (Å²) in [5.41, 5.74) is 2.52. The van der Waals surface area contributed by atoms with Crippen LogP contribution >= 0.6 is 0 Å². The van der Waals surface area contributed by atoms with Gasteiger partial charge >= 0.3 is 5.97 Å². The molecule has 0 radical (unpaired) electrons. The molecule has 1 aliphatic rings. The van der Waals surface area contributed by atoms with Crippen molar-refractivity contribution in [2.45, 2.75) is 30.2 Å². The van der Waals surface area contributed by atoms with Crippen molar-refractivity contribution in [3.05, 3.63) is 65.2 Å². The first kappa shape index (κ1) is 21.0. The van der Waals surface area contributed by atoms with E-state index in [2.05, 4.69) is 11.4 Å². The van der Waals surface area contributed by atoms with Crippen molar-refractivity contribution in [3.63, 3.8) is 0 Å². The van der Waals surface area contributed by atoms with E-state index in [4.69, 9.17) is 4.74 Å². The van der Waals surface area contributed by atoms with Crippen LogP contribution < -0.4 is 5.32 Å². The lowest BCUT2D eigenvalue weighted by atomic mass is 9.88. The number of amides is 1. The summed E-state index contributed by atoms with van der Waals surface area (Å²) in [7, 11) is -0.706. The van der Waals surface area contributed by atoms with Crippen LogP contribution in [0.1, 0.15) is 40.4 Å². The van der Waals surface area contributed by atoms with E-state index in [0.29, 0.717) is 0 Å². The lowest BCUT2D eigenvalue weighted by molar-refractivity contribution is -0.125. The molecule has 2 aromatic carbocycles. The van der Waals surface area contributed by atoms with Crippen LogP contribution in [0.3, 0.4) is 0 Å². The first-order chi connectivity index (χ1) is 13.8.